The molecule has 0 aromatic rings. The molecule has 6 heteroatoms. The van der Waals surface area contributed by atoms with Crippen molar-refractivity contribution in [3.63, 3.8) is 0 Å². The van der Waals surface area contributed by atoms with E-state index >= 15 is 0 Å². The van der Waals surface area contributed by atoms with Crippen molar-refractivity contribution >= 4 is 24.0 Å². The average Bonchev–Trinajstić information content (AvgIpc) is 2.79. The Bertz CT molecular complexity index is 505. The lowest BCUT2D eigenvalue weighted by Crippen LogP contribution is -2.38. The van der Waals surface area contributed by atoms with Gasteiger partial charge < -0.3 is 20.4 Å². The number of hydrogen-bond donors (Lipinski definition) is 2. The van der Waals surface area contributed by atoms with Gasteiger partial charge in [-0.15, -0.1) is 0 Å². The van der Waals surface area contributed by atoms with E-state index in [0.29, 0.717) is 12.6 Å². The van der Waals surface area contributed by atoms with Crippen LogP contribution in [0.3, 0.4) is 0 Å². The number of nitrogens with zero attached hydrogens (tertiary/aromatic N) is 2. The standard InChI is InChI=1S/C12H10N4O2/c13-5-11-1-7(3-17)9(15)12(11,6-14)2-8(4-18)10(11)16/h3-4,7-8,15-16H,1-2H2/t7-,8?,11-,12-/m1/s1. The van der Waals surface area contributed by atoms with Gasteiger partial charge >= 0.3 is 0 Å². The lowest BCUT2D eigenvalue weighted by atomic mass is 9.69. The zero-order valence-corrected chi connectivity index (χ0v) is 9.43. The lowest BCUT2D eigenvalue weighted by molar-refractivity contribution is -0.110. The van der Waals surface area contributed by atoms with E-state index in [0.717, 1.165) is 0 Å². The smallest absolute Gasteiger partial charge is 0.128 e. The Hall–Kier alpha value is -2.34. The zero-order chi connectivity index (χ0) is 13.6. The highest BCUT2D eigenvalue weighted by Crippen LogP contribution is 2.61. The highest BCUT2D eigenvalue weighted by atomic mass is 16.1. The van der Waals surface area contributed by atoms with Crippen LogP contribution in [0.4, 0.5) is 0 Å². The van der Waals surface area contributed by atoms with Gasteiger partial charge in [0.1, 0.15) is 23.4 Å². The minimum Gasteiger partial charge on any atom is -0.307 e. The third-order valence-corrected chi connectivity index (χ3v) is 4.15. The Morgan fingerprint density at radius 2 is 1.33 bits per heavy atom. The fourth-order valence-electron chi connectivity index (χ4n) is 3.16. The number of fused-ring (bicyclic) bond motifs is 1. The Morgan fingerprint density at radius 1 is 1.00 bits per heavy atom. The fraction of sp³-hybridized carbons (Fsp3) is 0.500. The van der Waals surface area contributed by atoms with Crippen LogP contribution in [-0.4, -0.2) is 24.0 Å². The van der Waals surface area contributed by atoms with Crippen molar-refractivity contribution < 1.29 is 9.59 Å². The molecule has 2 aliphatic rings. The van der Waals surface area contributed by atoms with Crippen molar-refractivity contribution in [3.05, 3.63) is 0 Å². The summed E-state index contributed by atoms with van der Waals surface area (Å²) in [5, 5.41) is 34.6. The summed E-state index contributed by atoms with van der Waals surface area (Å²) >= 11 is 0. The average molecular weight is 242 g/mol. The highest BCUT2D eigenvalue weighted by Gasteiger charge is 2.71. The molecule has 2 saturated carbocycles. The van der Waals surface area contributed by atoms with Gasteiger partial charge in [0.2, 0.25) is 0 Å². The predicted molar refractivity (Wildman–Crippen MR) is 59.9 cm³/mol. The van der Waals surface area contributed by atoms with E-state index < -0.39 is 22.7 Å². The summed E-state index contributed by atoms with van der Waals surface area (Å²) in [4.78, 5) is 21.8. The summed E-state index contributed by atoms with van der Waals surface area (Å²) in [5.74, 6) is -1.62. The molecule has 2 rings (SSSR count). The van der Waals surface area contributed by atoms with E-state index in [9.17, 15) is 20.1 Å². The predicted octanol–water partition coefficient (Wildman–Crippen LogP) is 0.483. The van der Waals surface area contributed by atoms with Gasteiger partial charge in [-0.2, -0.15) is 10.5 Å². The first-order valence-corrected chi connectivity index (χ1v) is 5.44. The van der Waals surface area contributed by atoms with Gasteiger partial charge in [-0.1, -0.05) is 0 Å². The number of nitriles is 2. The first-order chi connectivity index (χ1) is 8.52. The number of hydrogen-bond acceptors (Lipinski definition) is 6. The monoisotopic (exact) mass is 242 g/mol. The maximum atomic E-state index is 10.9. The molecular weight excluding hydrogens is 232 g/mol. The van der Waals surface area contributed by atoms with Gasteiger partial charge in [-0.25, -0.2) is 0 Å². The van der Waals surface area contributed by atoms with Gasteiger partial charge in [0.25, 0.3) is 0 Å². The van der Waals surface area contributed by atoms with Crippen molar-refractivity contribution in [3.8, 4) is 12.1 Å². The van der Waals surface area contributed by atoms with Gasteiger partial charge in [0, 0.05) is 11.4 Å². The molecular formula is C12H10N4O2. The molecule has 0 radical (unpaired) electrons. The van der Waals surface area contributed by atoms with Gasteiger partial charge in [0.15, 0.2) is 0 Å². The molecule has 4 atom stereocenters. The second-order valence-electron chi connectivity index (χ2n) is 4.76. The molecule has 6 nitrogen and oxygen atoms in total. The van der Waals surface area contributed by atoms with Gasteiger partial charge in [-0.05, 0) is 12.8 Å². The van der Waals surface area contributed by atoms with E-state index in [1.807, 2.05) is 12.1 Å². The summed E-state index contributed by atoms with van der Waals surface area (Å²) in [6, 6.07) is 3.87. The molecule has 0 aliphatic heterocycles. The topological polar surface area (TPSA) is 129 Å². The molecule has 0 spiro atoms. The van der Waals surface area contributed by atoms with E-state index in [1.165, 1.54) is 0 Å². The lowest BCUT2D eigenvalue weighted by Gasteiger charge is -2.27. The second-order valence-corrected chi connectivity index (χ2v) is 4.76. The quantitative estimate of drug-likeness (QED) is 0.682. The van der Waals surface area contributed by atoms with Crippen LogP contribution in [0.1, 0.15) is 12.8 Å². The molecule has 0 aromatic carbocycles. The van der Waals surface area contributed by atoms with Crippen molar-refractivity contribution in [2.45, 2.75) is 12.8 Å². The van der Waals surface area contributed by atoms with Crippen LogP contribution >= 0.6 is 0 Å². The molecule has 0 saturated heterocycles. The number of aldehydes is 2. The Balaban J connectivity index is 2.68. The Labute approximate surface area is 103 Å². The van der Waals surface area contributed by atoms with Crippen LogP contribution in [0.2, 0.25) is 0 Å². The Morgan fingerprint density at radius 3 is 1.56 bits per heavy atom. The summed E-state index contributed by atoms with van der Waals surface area (Å²) in [6.07, 6.45) is 1.01. The first kappa shape index (κ1) is 12.1. The molecule has 0 heterocycles. The Kier molecular flexibility index (Phi) is 2.41. The normalized spacial score (nSPS) is 41.9. The minimum absolute atomic E-state index is 0.0391. The molecule has 90 valence electrons. The largest absolute Gasteiger partial charge is 0.307 e. The van der Waals surface area contributed by atoms with E-state index in [4.69, 9.17) is 10.8 Å². The van der Waals surface area contributed by atoms with Crippen LogP contribution in [0, 0.1) is 56.1 Å². The third-order valence-electron chi connectivity index (χ3n) is 4.15. The van der Waals surface area contributed by atoms with Crippen molar-refractivity contribution in [1.29, 1.82) is 21.3 Å². The number of rotatable bonds is 2. The summed E-state index contributed by atoms with van der Waals surface area (Å²) in [5.41, 5.74) is -3.24. The first-order valence-electron chi connectivity index (χ1n) is 5.44. The van der Waals surface area contributed by atoms with Crippen LogP contribution < -0.4 is 0 Å². The SMILES string of the molecule is N#C[C@@]12C[C@H](C=O)C(=N)[C@]1(C#N)CC(C=O)C2=N. The van der Waals surface area contributed by atoms with Crippen molar-refractivity contribution in [2.75, 3.05) is 0 Å². The van der Waals surface area contributed by atoms with Crippen LogP contribution in [0.5, 0.6) is 0 Å². The van der Waals surface area contributed by atoms with Crippen molar-refractivity contribution in [1.82, 2.24) is 0 Å². The fourth-order valence-corrected chi connectivity index (χ4v) is 3.16. The zero-order valence-electron chi connectivity index (χ0n) is 9.43. The number of carbonyl (C=O) groups is 2. The van der Waals surface area contributed by atoms with Gasteiger partial charge in [-0.3, -0.25) is 0 Å². The second kappa shape index (κ2) is 3.58. The molecule has 18 heavy (non-hydrogen) atoms. The van der Waals surface area contributed by atoms with Crippen LogP contribution in [0.25, 0.3) is 0 Å². The summed E-state index contributed by atoms with van der Waals surface area (Å²) in [6.45, 7) is 0. The van der Waals surface area contributed by atoms with E-state index in [1.54, 1.807) is 0 Å². The molecule has 1 unspecified atom stereocenters. The molecule has 0 amide bonds. The van der Waals surface area contributed by atoms with E-state index in [2.05, 4.69) is 0 Å². The number of carbonyl (C=O) groups excluding carboxylic acids is 2. The minimum atomic E-state index is -1.49. The summed E-state index contributed by atoms with van der Waals surface area (Å²) in [7, 11) is 0. The molecule has 0 aromatic heterocycles. The van der Waals surface area contributed by atoms with Crippen LogP contribution in [0.15, 0.2) is 0 Å². The third kappa shape index (κ3) is 1.01. The summed E-state index contributed by atoms with van der Waals surface area (Å²) < 4.78 is 0. The molecule has 2 aliphatic carbocycles. The highest BCUT2D eigenvalue weighted by molar-refractivity contribution is 6.16. The van der Waals surface area contributed by atoms with E-state index in [-0.39, 0.29) is 24.3 Å². The molecule has 2 fully saturated rings. The molecule has 2 N–H and O–H groups in total. The number of nitrogens with one attached hydrogen (secondary N) is 2. The van der Waals surface area contributed by atoms with Crippen LogP contribution in [-0.2, 0) is 9.59 Å². The molecule has 0 bridgehead atoms. The van der Waals surface area contributed by atoms with Crippen molar-refractivity contribution in [2.24, 2.45) is 22.7 Å². The maximum Gasteiger partial charge on any atom is 0.128 e. The van der Waals surface area contributed by atoms with Gasteiger partial charge in [0.05, 0.1) is 24.0 Å². The maximum absolute atomic E-state index is 10.9.